The van der Waals surface area contributed by atoms with Crippen LogP contribution in [0.15, 0.2) is 41.3 Å². The van der Waals surface area contributed by atoms with Gasteiger partial charge in [-0.25, -0.2) is 4.98 Å². The van der Waals surface area contributed by atoms with E-state index in [0.29, 0.717) is 11.4 Å². The molecule has 0 amide bonds. The molecule has 0 saturated heterocycles. The highest BCUT2D eigenvalue weighted by atomic mass is 32.2. The number of anilines is 2. The summed E-state index contributed by atoms with van der Waals surface area (Å²) >= 11 is 1.68. The number of nitrogens with one attached hydrogen (secondary N) is 1. The van der Waals surface area contributed by atoms with E-state index in [1.807, 2.05) is 43.5 Å². The van der Waals surface area contributed by atoms with E-state index in [2.05, 4.69) is 16.4 Å². The van der Waals surface area contributed by atoms with Crippen molar-refractivity contribution in [1.82, 2.24) is 4.98 Å². The summed E-state index contributed by atoms with van der Waals surface area (Å²) in [5.74, 6) is 0.607. The van der Waals surface area contributed by atoms with Gasteiger partial charge in [-0.15, -0.1) is 11.8 Å². The second-order valence-corrected chi connectivity index (χ2v) is 4.70. The zero-order valence-electron chi connectivity index (χ0n) is 10.3. The summed E-state index contributed by atoms with van der Waals surface area (Å²) in [5, 5.41) is 12.2. The van der Waals surface area contributed by atoms with E-state index < -0.39 is 0 Å². The Labute approximate surface area is 111 Å². The van der Waals surface area contributed by atoms with E-state index in [-0.39, 0.29) is 0 Å². The number of nitrogens with zero attached hydrogens (tertiary/aromatic N) is 2. The van der Waals surface area contributed by atoms with Crippen LogP contribution in [0.3, 0.4) is 0 Å². The van der Waals surface area contributed by atoms with E-state index in [4.69, 9.17) is 5.26 Å². The molecule has 1 aromatic heterocycles. The molecule has 1 aromatic carbocycles. The average molecular weight is 255 g/mol. The summed E-state index contributed by atoms with van der Waals surface area (Å²) in [7, 11) is 0. The Morgan fingerprint density at radius 2 is 2.11 bits per heavy atom. The molecule has 0 fully saturated rings. The van der Waals surface area contributed by atoms with Crippen LogP contribution in [0.4, 0.5) is 11.5 Å². The smallest absolute Gasteiger partial charge is 0.148 e. The summed E-state index contributed by atoms with van der Waals surface area (Å²) in [5.41, 5.74) is 2.38. The van der Waals surface area contributed by atoms with Crippen LogP contribution in [0.25, 0.3) is 0 Å². The molecule has 0 aliphatic carbocycles. The van der Waals surface area contributed by atoms with Crippen LogP contribution in [0.5, 0.6) is 0 Å². The first-order chi connectivity index (χ1) is 8.72. The molecule has 0 spiro atoms. The van der Waals surface area contributed by atoms with Gasteiger partial charge in [-0.05, 0) is 43.5 Å². The maximum absolute atomic E-state index is 9.05. The van der Waals surface area contributed by atoms with Crippen LogP contribution in [0.1, 0.15) is 11.3 Å². The molecule has 3 nitrogen and oxygen atoms in total. The van der Waals surface area contributed by atoms with Gasteiger partial charge in [0.05, 0.1) is 5.56 Å². The molecule has 0 aliphatic rings. The number of thioether (sulfide) groups is 1. The van der Waals surface area contributed by atoms with Gasteiger partial charge in [-0.3, -0.25) is 0 Å². The third kappa shape index (κ3) is 2.82. The molecule has 0 unspecified atom stereocenters. The van der Waals surface area contributed by atoms with Gasteiger partial charge >= 0.3 is 0 Å². The summed E-state index contributed by atoms with van der Waals surface area (Å²) in [4.78, 5) is 5.53. The minimum Gasteiger partial charge on any atom is -0.339 e. The van der Waals surface area contributed by atoms with Gasteiger partial charge in [0.25, 0.3) is 0 Å². The lowest BCUT2D eigenvalue weighted by Gasteiger charge is -2.09. The van der Waals surface area contributed by atoms with Crippen molar-refractivity contribution in [3.8, 4) is 6.07 Å². The molecule has 0 radical (unpaired) electrons. The molecular weight excluding hydrogens is 242 g/mol. The molecular formula is C14H13N3S. The zero-order chi connectivity index (χ0) is 13.0. The predicted octanol–water partition coefficient (Wildman–Crippen LogP) is 3.73. The first-order valence-corrected chi connectivity index (χ1v) is 6.74. The van der Waals surface area contributed by atoms with Crippen LogP contribution in [-0.2, 0) is 0 Å². The molecule has 18 heavy (non-hydrogen) atoms. The third-order valence-electron chi connectivity index (χ3n) is 2.49. The molecule has 0 saturated carbocycles. The van der Waals surface area contributed by atoms with Crippen molar-refractivity contribution < 1.29 is 0 Å². The van der Waals surface area contributed by atoms with Gasteiger partial charge in [0.15, 0.2) is 0 Å². The molecule has 90 valence electrons. The van der Waals surface area contributed by atoms with Crippen LogP contribution in [-0.4, -0.2) is 11.2 Å². The van der Waals surface area contributed by atoms with E-state index in [0.717, 1.165) is 11.4 Å². The number of pyridine rings is 1. The predicted molar refractivity (Wildman–Crippen MR) is 75.2 cm³/mol. The Kier molecular flexibility index (Phi) is 3.85. The van der Waals surface area contributed by atoms with Crippen molar-refractivity contribution in [2.24, 2.45) is 0 Å². The Hall–Kier alpha value is -1.99. The minimum absolute atomic E-state index is 0.551. The number of aromatic nitrogens is 1. The maximum atomic E-state index is 9.05. The Morgan fingerprint density at radius 1 is 1.28 bits per heavy atom. The molecule has 0 bridgehead atoms. The lowest BCUT2D eigenvalue weighted by molar-refractivity contribution is 1.18. The number of rotatable bonds is 3. The van der Waals surface area contributed by atoms with Gasteiger partial charge in [0.2, 0.25) is 0 Å². The average Bonchev–Trinajstić information content (AvgIpc) is 2.39. The minimum atomic E-state index is 0.551. The topological polar surface area (TPSA) is 48.7 Å². The van der Waals surface area contributed by atoms with Crippen molar-refractivity contribution in [2.45, 2.75) is 11.8 Å². The fraction of sp³-hybridized carbons (Fsp3) is 0.143. The monoisotopic (exact) mass is 255 g/mol. The Balaban J connectivity index is 2.33. The second-order valence-electron chi connectivity index (χ2n) is 3.82. The van der Waals surface area contributed by atoms with Crippen molar-refractivity contribution in [3.63, 3.8) is 0 Å². The van der Waals surface area contributed by atoms with E-state index in [1.165, 1.54) is 4.90 Å². The molecule has 2 aromatic rings. The Morgan fingerprint density at radius 3 is 2.83 bits per heavy atom. The number of benzene rings is 1. The van der Waals surface area contributed by atoms with Gasteiger partial charge < -0.3 is 5.32 Å². The largest absolute Gasteiger partial charge is 0.339 e. The maximum Gasteiger partial charge on any atom is 0.148 e. The molecule has 1 N–H and O–H groups in total. The number of aryl methyl sites for hydroxylation is 1. The third-order valence-corrected chi connectivity index (χ3v) is 3.21. The highest BCUT2D eigenvalue weighted by Gasteiger charge is 2.04. The normalized spacial score (nSPS) is 9.83. The highest BCUT2D eigenvalue weighted by Crippen LogP contribution is 2.23. The van der Waals surface area contributed by atoms with Gasteiger partial charge in [-0.1, -0.05) is 6.07 Å². The molecule has 1 heterocycles. The van der Waals surface area contributed by atoms with E-state index >= 15 is 0 Å². The molecule has 0 aliphatic heterocycles. The van der Waals surface area contributed by atoms with Crippen molar-refractivity contribution >= 4 is 23.3 Å². The molecule has 4 heteroatoms. The summed E-state index contributed by atoms with van der Waals surface area (Å²) < 4.78 is 0. The van der Waals surface area contributed by atoms with Gasteiger partial charge in [0.1, 0.15) is 11.9 Å². The van der Waals surface area contributed by atoms with Crippen molar-refractivity contribution in [1.29, 1.82) is 5.26 Å². The fourth-order valence-electron chi connectivity index (χ4n) is 1.58. The zero-order valence-corrected chi connectivity index (χ0v) is 11.1. The lowest BCUT2D eigenvalue weighted by Crippen LogP contribution is -1.98. The summed E-state index contributed by atoms with van der Waals surface area (Å²) in [6.45, 7) is 1.91. The first kappa shape index (κ1) is 12.5. The van der Waals surface area contributed by atoms with Crippen molar-refractivity contribution in [3.05, 3.63) is 47.7 Å². The van der Waals surface area contributed by atoms with Crippen molar-refractivity contribution in [2.75, 3.05) is 11.6 Å². The van der Waals surface area contributed by atoms with Gasteiger partial charge in [-0.2, -0.15) is 5.26 Å². The molecule has 2 rings (SSSR count). The number of hydrogen-bond donors (Lipinski definition) is 1. The number of nitriles is 1. The second kappa shape index (κ2) is 5.56. The van der Waals surface area contributed by atoms with Crippen LogP contribution < -0.4 is 5.32 Å². The lowest BCUT2D eigenvalue weighted by atomic mass is 10.2. The fourth-order valence-corrected chi connectivity index (χ4v) is 2.04. The molecule has 0 atom stereocenters. The summed E-state index contributed by atoms with van der Waals surface area (Å²) in [6, 6.07) is 13.8. The first-order valence-electron chi connectivity index (χ1n) is 5.52. The summed E-state index contributed by atoms with van der Waals surface area (Å²) in [6.07, 6.45) is 2.03. The standard InChI is InChI=1S/C14H13N3S/c1-10-6-7-11(9-15)14(16-10)17-12-4-3-5-13(8-12)18-2/h3-8H,1-2H3,(H,16,17). The quantitative estimate of drug-likeness (QED) is 0.849. The van der Waals surface area contributed by atoms with Crippen LogP contribution >= 0.6 is 11.8 Å². The van der Waals surface area contributed by atoms with Crippen LogP contribution in [0.2, 0.25) is 0 Å². The SMILES string of the molecule is CSc1cccc(Nc2nc(C)ccc2C#N)c1. The van der Waals surface area contributed by atoms with E-state index in [9.17, 15) is 0 Å². The van der Waals surface area contributed by atoms with Crippen LogP contribution in [0, 0.1) is 18.3 Å². The van der Waals surface area contributed by atoms with Gasteiger partial charge in [0, 0.05) is 16.3 Å². The number of hydrogen-bond acceptors (Lipinski definition) is 4. The highest BCUT2D eigenvalue weighted by molar-refractivity contribution is 7.98. The Bertz CT molecular complexity index is 602. The van der Waals surface area contributed by atoms with E-state index in [1.54, 1.807) is 17.8 Å².